The highest BCUT2D eigenvalue weighted by atomic mass is 16.1. The molecule has 1 aromatic carbocycles. The van der Waals surface area contributed by atoms with Crippen molar-refractivity contribution in [2.45, 2.75) is 32.6 Å². The van der Waals surface area contributed by atoms with Gasteiger partial charge in [-0.2, -0.15) is 0 Å². The number of aliphatic imine (C=N–C) groups is 1. The first-order chi connectivity index (χ1) is 9.72. The number of benzene rings is 1. The molecule has 1 aromatic rings. The second-order valence-corrected chi connectivity index (χ2v) is 5.63. The Morgan fingerprint density at radius 3 is 2.60 bits per heavy atom. The molecule has 2 aliphatic rings. The Hall–Kier alpha value is -1.96. The third kappa shape index (κ3) is 2.79. The number of nitrogens with zero attached hydrogens (tertiary/aromatic N) is 1. The van der Waals surface area contributed by atoms with Crippen molar-refractivity contribution in [3.63, 3.8) is 0 Å². The van der Waals surface area contributed by atoms with Gasteiger partial charge in [0.05, 0.1) is 0 Å². The van der Waals surface area contributed by atoms with Crippen LogP contribution in [-0.2, 0) is 11.2 Å². The number of hydrogen-bond donors (Lipinski definition) is 0. The largest absolute Gasteiger partial charge is 0.272 e. The van der Waals surface area contributed by atoms with E-state index in [1.54, 1.807) is 0 Å². The van der Waals surface area contributed by atoms with Gasteiger partial charge in [-0.25, -0.2) is 4.99 Å². The summed E-state index contributed by atoms with van der Waals surface area (Å²) in [4.78, 5) is 15.6. The van der Waals surface area contributed by atoms with Gasteiger partial charge in [-0.1, -0.05) is 49.4 Å². The Bertz CT molecular complexity index is 605. The molecule has 0 spiro atoms. The fourth-order valence-corrected chi connectivity index (χ4v) is 2.74. The van der Waals surface area contributed by atoms with E-state index in [1.165, 1.54) is 16.7 Å². The zero-order valence-corrected chi connectivity index (χ0v) is 11.8. The maximum absolute atomic E-state index is 11.4. The molecule has 1 aliphatic carbocycles. The average molecular weight is 265 g/mol. The summed E-state index contributed by atoms with van der Waals surface area (Å²) in [6.45, 7) is 1.95. The lowest BCUT2D eigenvalue weighted by Crippen LogP contribution is -2.03. The van der Waals surface area contributed by atoms with Crippen LogP contribution in [0.15, 0.2) is 47.5 Å². The van der Waals surface area contributed by atoms with Gasteiger partial charge in [0.15, 0.2) is 0 Å². The number of amides is 1. The van der Waals surface area contributed by atoms with Crippen LogP contribution in [0, 0.1) is 5.92 Å². The highest BCUT2D eigenvalue weighted by Gasteiger charge is 2.22. The van der Waals surface area contributed by atoms with Gasteiger partial charge in [0, 0.05) is 18.1 Å². The number of carbonyl (C=O) groups excluding carboxylic acids is 1. The monoisotopic (exact) mass is 265 g/mol. The van der Waals surface area contributed by atoms with Crippen molar-refractivity contribution in [2.75, 3.05) is 0 Å². The normalized spacial score (nSPS) is 21.9. The van der Waals surface area contributed by atoms with Gasteiger partial charge < -0.3 is 0 Å². The molecule has 0 saturated heterocycles. The quantitative estimate of drug-likeness (QED) is 0.813. The molecule has 3 rings (SSSR count). The molecule has 0 saturated carbocycles. The summed E-state index contributed by atoms with van der Waals surface area (Å²) < 4.78 is 0. The predicted octanol–water partition coefficient (Wildman–Crippen LogP) is 3.97. The summed E-state index contributed by atoms with van der Waals surface area (Å²) in [5.74, 6) is 0.107. The molecule has 0 N–H and O–H groups in total. The fraction of sp³-hybridized carbons (Fsp3) is 0.333. The highest BCUT2D eigenvalue weighted by molar-refractivity contribution is 6.04. The fourth-order valence-electron chi connectivity index (χ4n) is 2.74. The molecule has 102 valence electrons. The van der Waals surface area contributed by atoms with Crippen LogP contribution in [0.2, 0.25) is 0 Å². The van der Waals surface area contributed by atoms with Gasteiger partial charge in [0.1, 0.15) is 0 Å². The van der Waals surface area contributed by atoms with Crippen molar-refractivity contribution >= 4 is 17.2 Å². The summed E-state index contributed by atoms with van der Waals surface area (Å²) in [6, 6.07) is 8.62. The minimum Gasteiger partial charge on any atom is -0.272 e. The van der Waals surface area contributed by atoms with Crippen LogP contribution in [0.3, 0.4) is 0 Å². The van der Waals surface area contributed by atoms with Crippen molar-refractivity contribution < 1.29 is 4.79 Å². The first-order valence-electron chi connectivity index (χ1n) is 7.28. The van der Waals surface area contributed by atoms with Gasteiger partial charge >= 0.3 is 0 Å². The van der Waals surface area contributed by atoms with E-state index in [9.17, 15) is 4.79 Å². The van der Waals surface area contributed by atoms with Gasteiger partial charge in [-0.3, -0.25) is 4.79 Å². The van der Waals surface area contributed by atoms with E-state index < -0.39 is 0 Å². The molecule has 0 bridgehead atoms. The number of allylic oxidation sites excluding steroid dienone is 4. The van der Waals surface area contributed by atoms with E-state index in [1.807, 2.05) is 6.92 Å². The second-order valence-electron chi connectivity index (χ2n) is 5.63. The molecular weight excluding hydrogens is 246 g/mol. The maximum Gasteiger partial charge on any atom is 0.248 e. The zero-order valence-electron chi connectivity index (χ0n) is 11.8. The topological polar surface area (TPSA) is 29.4 Å². The Balaban J connectivity index is 1.71. The summed E-state index contributed by atoms with van der Waals surface area (Å²) in [5, 5.41) is 0. The summed E-state index contributed by atoms with van der Waals surface area (Å²) in [6.07, 6.45) is 10.6. The first-order valence-corrected chi connectivity index (χ1v) is 7.28. The summed E-state index contributed by atoms with van der Waals surface area (Å²) in [5.41, 5.74) is 4.83. The molecule has 0 aromatic heterocycles. The number of rotatable bonds is 3. The van der Waals surface area contributed by atoms with E-state index >= 15 is 0 Å². The van der Waals surface area contributed by atoms with E-state index in [-0.39, 0.29) is 11.8 Å². The smallest absolute Gasteiger partial charge is 0.248 e. The number of hydrogen-bond acceptors (Lipinski definition) is 1. The van der Waals surface area contributed by atoms with E-state index in [4.69, 9.17) is 0 Å². The molecule has 0 fully saturated rings. The molecular formula is C18H19NO. The van der Waals surface area contributed by atoms with Crippen molar-refractivity contribution in [3.8, 4) is 0 Å². The molecule has 1 unspecified atom stereocenters. The zero-order chi connectivity index (χ0) is 13.9. The molecule has 2 nitrogen and oxygen atoms in total. The minimum atomic E-state index is 0.0362. The number of carbonyl (C=O) groups is 1. The van der Waals surface area contributed by atoms with E-state index in [0.717, 1.165) is 31.4 Å². The van der Waals surface area contributed by atoms with Crippen molar-refractivity contribution in [1.82, 2.24) is 0 Å². The van der Waals surface area contributed by atoms with Crippen LogP contribution in [0.1, 0.15) is 37.3 Å². The van der Waals surface area contributed by atoms with Gasteiger partial charge in [-0.15, -0.1) is 0 Å². The predicted molar refractivity (Wildman–Crippen MR) is 82.7 cm³/mol. The molecule has 2 heteroatoms. The van der Waals surface area contributed by atoms with Crippen molar-refractivity contribution in [3.05, 3.63) is 53.6 Å². The van der Waals surface area contributed by atoms with Crippen LogP contribution in [0.4, 0.5) is 0 Å². The van der Waals surface area contributed by atoms with Crippen molar-refractivity contribution in [1.29, 1.82) is 0 Å². The average Bonchev–Trinajstić information content (AvgIpc) is 2.79. The van der Waals surface area contributed by atoms with Gasteiger partial charge in [0.2, 0.25) is 5.91 Å². The summed E-state index contributed by atoms with van der Waals surface area (Å²) in [7, 11) is 0. The lowest BCUT2D eigenvalue weighted by molar-refractivity contribution is -0.120. The Morgan fingerprint density at radius 1 is 1.20 bits per heavy atom. The van der Waals surface area contributed by atoms with Crippen LogP contribution in [0.5, 0.6) is 0 Å². The molecule has 0 radical (unpaired) electrons. The van der Waals surface area contributed by atoms with Crippen LogP contribution < -0.4 is 0 Å². The van der Waals surface area contributed by atoms with Crippen LogP contribution in [-0.4, -0.2) is 11.6 Å². The highest BCUT2D eigenvalue weighted by Crippen LogP contribution is 2.23. The molecule has 20 heavy (non-hydrogen) atoms. The maximum atomic E-state index is 11.4. The van der Waals surface area contributed by atoms with Gasteiger partial charge in [0.25, 0.3) is 0 Å². The van der Waals surface area contributed by atoms with Crippen LogP contribution >= 0.6 is 0 Å². The third-order valence-corrected chi connectivity index (χ3v) is 3.92. The van der Waals surface area contributed by atoms with E-state index in [2.05, 4.69) is 47.5 Å². The third-order valence-electron chi connectivity index (χ3n) is 3.92. The Kier molecular flexibility index (Phi) is 3.64. The molecule has 1 heterocycles. The molecule has 1 amide bonds. The SMILES string of the molecule is CC1CC(Cc2ccc(C3=CCCC=C3)cc2)=NC1=O. The minimum absolute atomic E-state index is 0.0362. The molecule has 1 aliphatic heterocycles. The molecule has 1 atom stereocenters. The Morgan fingerprint density at radius 2 is 2.00 bits per heavy atom. The van der Waals surface area contributed by atoms with Gasteiger partial charge in [-0.05, 0) is 36.0 Å². The lowest BCUT2D eigenvalue weighted by Gasteiger charge is -2.08. The van der Waals surface area contributed by atoms with E-state index in [0.29, 0.717) is 0 Å². The summed E-state index contributed by atoms with van der Waals surface area (Å²) >= 11 is 0. The Labute approximate surface area is 119 Å². The van der Waals surface area contributed by atoms with Crippen LogP contribution in [0.25, 0.3) is 5.57 Å². The second kappa shape index (κ2) is 5.58. The first kappa shape index (κ1) is 13.0. The van der Waals surface area contributed by atoms with Crippen molar-refractivity contribution in [2.24, 2.45) is 10.9 Å². The lowest BCUT2D eigenvalue weighted by atomic mass is 9.97. The standard InChI is InChI=1S/C18H19NO/c1-13-11-17(19-18(13)20)12-14-7-9-16(10-8-14)15-5-3-2-4-6-15/h3,5-10,13H,2,4,11-12H2,1H3.